The van der Waals surface area contributed by atoms with Gasteiger partial charge in [-0.1, -0.05) is 31.2 Å². The van der Waals surface area contributed by atoms with Crippen molar-refractivity contribution in [3.05, 3.63) is 106 Å². The molecule has 0 radical (unpaired) electrons. The molecule has 1 amide bonds. The molecule has 2 atom stereocenters. The summed E-state index contributed by atoms with van der Waals surface area (Å²) >= 11 is 0. The summed E-state index contributed by atoms with van der Waals surface area (Å²) in [4.78, 5) is 48.5. The van der Waals surface area contributed by atoms with Gasteiger partial charge in [-0.15, -0.1) is 0 Å². The van der Waals surface area contributed by atoms with Crippen molar-refractivity contribution in [2.24, 2.45) is 19.5 Å². The molecule has 9 nitrogen and oxygen atoms in total. The van der Waals surface area contributed by atoms with Crippen LogP contribution in [0.4, 0.5) is 10.2 Å². The van der Waals surface area contributed by atoms with Crippen LogP contribution in [-0.2, 0) is 18.9 Å². The number of hydrogen-bond donors (Lipinski definition) is 1. The fourth-order valence-corrected chi connectivity index (χ4v) is 7.00. The van der Waals surface area contributed by atoms with Crippen molar-refractivity contribution in [3.63, 3.8) is 0 Å². The Morgan fingerprint density at radius 1 is 0.979 bits per heavy atom. The number of aryl methyl sites for hydroxylation is 2. The first-order valence-electron chi connectivity index (χ1n) is 16.1. The van der Waals surface area contributed by atoms with Crippen molar-refractivity contribution < 1.29 is 14.0 Å². The summed E-state index contributed by atoms with van der Waals surface area (Å²) in [6.45, 7) is 3.61. The third-order valence-electron chi connectivity index (χ3n) is 10.0. The van der Waals surface area contributed by atoms with E-state index < -0.39 is 11.2 Å². The summed E-state index contributed by atoms with van der Waals surface area (Å²) in [5.41, 5.74) is 3.52. The topological polar surface area (TPSA) is 92.5 Å². The Hall–Kier alpha value is -4.83. The number of likely N-dealkylation sites (N-methyl/N-ethyl adjacent to an activating group) is 2. The minimum absolute atomic E-state index is 0.0513. The molecule has 1 N–H and O–H groups in total. The first kappa shape index (κ1) is 30.8. The Kier molecular flexibility index (Phi) is 7.50. The molecule has 47 heavy (non-hydrogen) atoms. The number of piperazine rings is 1. The molecule has 0 bridgehead atoms. The summed E-state index contributed by atoms with van der Waals surface area (Å²) in [7, 11) is 7.36. The smallest absolute Gasteiger partial charge is 0.293 e. The van der Waals surface area contributed by atoms with E-state index in [9.17, 15) is 14.4 Å². The molecule has 10 heteroatoms. The van der Waals surface area contributed by atoms with Crippen LogP contribution in [0.5, 0.6) is 0 Å². The monoisotopic (exact) mass is 634 g/mol. The summed E-state index contributed by atoms with van der Waals surface area (Å²) in [6, 6.07) is 10.4. The highest BCUT2D eigenvalue weighted by Gasteiger charge is 2.43. The van der Waals surface area contributed by atoms with Crippen LogP contribution >= 0.6 is 0 Å². The minimum atomic E-state index is -0.501. The van der Waals surface area contributed by atoms with Crippen LogP contribution in [0.15, 0.2) is 77.5 Å². The zero-order valence-corrected chi connectivity index (χ0v) is 27.4. The van der Waals surface area contributed by atoms with E-state index >= 15 is 4.39 Å². The van der Waals surface area contributed by atoms with Crippen LogP contribution in [0, 0.1) is 11.2 Å². The molecule has 2 fully saturated rings. The number of rotatable bonds is 7. The van der Waals surface area contributed by atoms with Crippen LogP contribution in [0.1, 0.15) is 53.6 Å². The second kappa shape index (κ2) is 11.5. The summed E-state index contributed by atoms with van der Waals surface area (Å²) < 4.78 is 18.5. The number of fused-ring (bicyclic) bond motifs is 1. The van der Waals surface area contributed by atoms with E-state index in [2.05, 4.69) is 17.1 Å². The van der Waals surface area contributed by atoms with Gasteiger partial charge >= 0.3 is 0 Å². The molecule has 2 aliphatic carbocycles. The number of nitrogens with zero attached hydrogens (tertiary/aromatic N) is 5. The van der Waals surface area contributed by atoms with E-state index in [0.29, 0.717) is 41.1 Å². The van der Waals surface area contributed by atoms with E-state index in [0.717, 1.165) is 36.2 Å². The number of anilines is 1. The van der Waals surface area contributed by atoms with Crippen LogP contribution in [0.3, 0.4) is 0 Å². The van der Waals surface area contributed by atoms with Crippen molar-refractivity contribution in [1.29, 1.82) is 0 Å². The number of benzene rings is 2. The Morgan fingerprint density at radius 3 is 2.47 bits per heavy atom. The number of amides is 1. The SMILES string of the molecule is CN1CCN(C)[C@H](C2(C)C=CC(Nc3nc(-c4ccc5c(c4)c(C(=O)c4ccc(C6CC6)cc4F)cn5C)cn(C)c3=O)=CC2)C1=O. The van der Waals surface area contributed by atoms with Crippen molar-refractivity contribution in [3.8, 4) is 11.3 Å². The van der Waals surface area contributed by atoms with Crippen molar-refractivity contribution in [2.75, 3.05) is 32.5 Å². The molecule has 242 valence electrons. The average Bonchev–Trinajstić information content (AvgIpc) is 3.85. The minimum Gasteiger partial charge on any atom is -0.350 e. The van der Waals surface area contributed by atoms with E-state index in [1.165, 1.54) is 10.6 Å². The van der Waals surface area contributed by atoms with Gasteiger partial charge in [0.25, 0.3) is 5.56 Å². The molecular formula is C37H39FN6O3. The van der Waals surface area contributed by atoms with Gasteiger partial charge in [0.05, 0.1) is 17.3 Å². The lowest BCUT2D eigenvalue weighted by Gasteiger charge is -2.45. The second-order valence-electron chi connectivity index (χ2n) is 13.6. The Balaban J connectivity index is 1.17. The van der Waals surface area contributed by atoms with Crippen molar-refractivity contribution >= 4 is 28.4 Å². The predicted molar refractivity (Wildman–Crippen MR) is 181 cm³/mol. The van der Waals surface area contributed by atoms with Crippen molar-refractivity contribution in [2.45, 2.75) is 38.1 Å². The molecule has 2 aromatic heterocycles. The first-order valence-corrected chi connectivity index (χ1v) is 16.1. The maximum Gasteiger partial charge on any atom is 0.293 e. The lowest BCUT2D eigenvalue weighted by atomic mass is 9.74. The van der Waals surface area contributed by atoms with Gasteiger partial charge in [-0.2, -0.15) is 0 Å². The number of ketones is 1. The van der Waals surface area contributed by atoms with Gasteiger partial charge in [-0.25, -0.2) is 9.37 Å². The fourth-order valence-electron chi connectivity index (χ4n) is 7.00. The van der Waals surface area contributed by atoms with Gasteiger partial charge in [0, 0.05) is 79.8 Å². The molecule has 1 aliphatic heterocycles. The number of aromatic nitrogens is 3. The lowest BCUT2D eigenvalue weighted by Crippen LogP contribution is -2.60. The molecule has 7 rings (SSSR count). The maximum atomic E-state index is 15.1. The Bertz CT molecular complexity index is 2070. The second-order valence-corrected chi connectivity index (χ2v) is 13.6. The third kappa shape index (κ3) is 5.50. The lowest BCUT2D eigenvalue weighted by molar-refractivity contribution is -0.143. The highest BCUT2D eigenvalue weighted by atomic mass is 19.1. The number of halogens is 1. The summed E-state index contributed by atoms with van der Waals surface area (Å²) in [5, 5.41) is 3.89. The molecule has 3 heterocycles. The van der Waals surface area contributed by atoms with Gasteiger partial charge in [0.1, 0.15) is 5.82 Å². The largest absolute Gasteiger partial charge is 0.350 e. The molecule has 1 unspecified atom stereocenters. The third-order valence-corrected chi connectivity index (χ3v) is 10.0. The number of carbonyl (C=O) groups is 2. The van der Waals surface area contributed by atoms with Gasteiger partial charge in [-0.3, -0.25) is 19.3 Å². The molecule has 3 aliphatic rings. The molecule has 0 spiro atoms. The van der Waals surface area contributed by atoms with Crippen LogP contribution < -0.4 is 10.9 Å². The van der Waals surface area contributed by atoms with Gasteiger partial charge in [0.15, 0.2) is 11.6 Å². The summed E-state index contributed by atoms with van der Waals surface area (Å²) in [6.07, 6.45) is 12.1. The van der Waals surface area contributed by atoms with Crippen LogP contribution in [0.25, 0.3) is 22.2 Å². The number of nitrogens with one attached hydrogen (secondary N) is 1. The van der Waals surface area contributed by atoms with Gasteiger partial charge < -0.3 is 19.4 Å². The normalized spacial score (nSPS) is 21.7. The Labute approximate surface area is 273 Å². The zero-order valence-electron chi connectivity index (χ0n) is 27.4. The Morgan fingerprint density at radius 2 is 1.77 bits per heavy atom. The number of carbonyl (C=O) groups excluding carboxylic acids is 2. The first-order chi connectivity index (χ1) is 22.4. The molecular weight excluding hydrogens is 595 g/mol. The van der Waals surface area contributed by atoms with E-state index in [-0.39, 0.29) is 34.7 Å². The zero-order chi connectivity index (χ0) is 33.2. The average molecular weight is 635 g/mol. The molecule has 4 aromatic rings. The molecule has 2 aromatic carbocycles. The van der Waals surface area contributed by atoms with E-state index in [4.69, 9.17) is 4.98 Å². The van der Waals surface area contributed by atoms with Crippen LogP contribution in [0.2, 0.25) is 0 Å². The summed E-state index contributed by atoms with van der Waals surface area (Å²) in [5.74, 6) is -0.212. The standard InChI is InChI=1S/C37H39FN6O3/c1-37(33-35(46)42(3)17-16-41(33)2)14-12-25(13-15-37)39-34-36(47)44(5)21-30(40-34)24-9-11-31-27(18-24)28(20-43(31)4)32(45)26-10-8-23(19-29(26)38)22-6-7-22/h8-14,18-22,33H,6-7,15-17H2,1-5H3,(H,39,40)/t33-,37?/m0/s1. The van der Waals surface area contributed by atoms with Gasteiger partial charge in [-0.05, 0) is 68.1 Å². The fraction of sp³-hybridized carbons (Fsp3) is 0.351. The predicted octanol–water partition coefficient (Wildman–Crippen LogP) is 5.22. The van der Waals surface area contributed by atoms with Crippen molar-refractivity contribution in [1.82, 2.24) is 23.9 Å². The molecule has 1 saturated heterocycles. The van der Waals surface area contributed by atoms with E-state index in [1.54, 1.807) is 30.4 Å². The highest BCUT2D eigenvalue weighted by molar-refractivity contribution is 6.17. The maximum absolute atomic E-state index is 15.1. The van der Waals surface area contributed by atoms with E-state index in [1.807, 2.05) is 68.2 Å². The highest BCUT2D eigenvalue weighted by Crippen LogP contribution is 2.41. The number of allylic oxidation sites excluding steroid dienone is 2. The number of hydrogen-bond acceptors (Lipinski definition) is 6. The molecule has 1 saturated carbocycles. The van der Waals surface area contributed by atoms with Gasteiger partial charge in [0.2, 0.25) is 5.91 Å². The quantitative estimate of drug-likeness (QED) is 0.281. The van der Waals surface area contributed by atoms with Crippen LogP contribution in [-0.4, -0.2) is 68.8 Å².